The fourth-order valence-electron chi connectivity index (χ4n) is 2.13. The summed E-state index contributed by atoms with van der Waals surface area (Å²) < 4.78 is 0.793. The molecule has 1 aliphatic heterocycles. The van der Waals surface area contributed by atoms with E-state index in [1.807, 2.05) is 11.4 Å². The van der Waals surface area contributed by atoms with E-state index in [1.165, 1.54) is 11.3 Å². The number of likely N-dealkylation sites (tertiary alicyclic amines) is 1. The van der Waals surface area contributed by atoms with Crippen LogP contribution in [-0.4, -0.2) is 34.4 Å². The summed E-state index contributed by atoms with van der Waals surface area (Å²) in [4.78, 5) is 14.8. The highest BCUT2D eigenvalue weighted by Crippen LogP contribution is 2.27. The lowest BCUT2D eigenvalue weighted by Crippen LogP contribution is -2.50. The Hall–Kier alpha value is -1.08. The van der Waals surface area contributed by atoms with Crippen LogP contribution in [0.5, 0.6) is 0 Å². The summed E-state index contributed by atoms with van der Waals surface area (Å²) in [5.74, 6) is 0.0453. The summed E-state index contributed by atoms with van der Waals surface area (Å²) in [6, 6.07) is 1.55. The quantitative estimate of drug-likeness (QED) is 0.377. The molecule has 1 amide bonds. The van der Waals surface area contributed by atoms with E-state index >= 15 is 0 Å². The first-order valence-electron chi connectivity index (χ1n) is 5.66. The van der Waals surface area contributed by atoms with Crippen LogP contribution < -0.4 is 5.73 Å². The SMILES string of the molecule is NC(=NO)C1CCCCN1C(=O)c1sccc1Br. The van der Waals surface area contributed by atoms with Crippen molar-refractivity contribution in [3.8, 4) is 0 Å². The van der Waals surface area contributed by atoms with Gasteiger partial charge in [-0.25, -0.2) is 0 Å². The van der Waals surface area contributed by atoms with Gasteiger partial charge in [-0.3, -0.25) is 4.79 Å². The van der Waals surface area contributed by atoms with E-state index in [4.69, 9.17) is 10.9 Å². The van der Waals surface area contributed by atoms with Gasteiger partial charge < -0.3 is 15.8 Å². The number of thiophene rings is 1. The molecule has 2 rings (SSSR count). The molecule has 0 spiro atoms. The summed E-state index contributed by atoms with van der Waals surface area (Å²) in [6.45, 7) is 0.643. The van der Waals surface area contributed by atoms with E-state index in [1.54, 1.807) is 4.90 Å². The number of oxime groups is 1. The summed E-state index contributed by atoms with van der Waals surface area (Å²) >= 11 is 4.75. The Morgan fingerprint density at radius 3 is 3.00 bits per heavy atom. The molecule has 3 N–H and O–H groups in total. The fraction of sp³-hybridized carbons (Fsp3) is 0.455. The van der Waals surface area contributed by atoms with Gasteiger partial charge in [0.1, 0.15) is 4.88 Å². The first-order chi connectivity index (χ1) is 8.65. The van der Waals surface area contributed by atoms with E-state index in [9.17, 15) is 4.79 Å². The van der Waals surface area contributed by atoms with Crippen LogP contribution in [0.15, 0.2) is 21.1 Å². The number of halogens is 1. The molecule has 1 fully saturated rings. The van der Waals surface area contributed by atoms with Crippen molar-refractivity contribution in [2.75, 3.05) is 6.54 Å². The Bertz CT molecular complexity index is 475. The molecular weight excluding hydrogens is 318 g/mol. The molecule has 1 unspecified atom stereocenters. The van der Waals surface area contributed by atoms with Crippen LogP contribution in [0.2, 0.25) is 0 Å². The van der Waals surface area contributed by atoms with Gasteiger partial charge in [0.2, 0.25) is 0 Å². The average Bonchev–Trinajstić information content (AvgIpc) is 2.83. The van der Waals surface area contributed by atoms with Crippen LogP contribution in [0.25, 0.3) is 0 Å². The first-order valence-corrected chi connectivity index (χ1v) is 7.33. The van der Waals surface area contributed by atoms with Crippen LogP contribution in [-0.2, 0) is 0 Å². The maximum atomic E-state index is 12.4. The van der Waals surface area contributed by atoms with Crippen molar-refractivity contribution in [2.24, 2.45) is 10.9 Å². The number of nitrogens with two attached hydrogens (primary N) is 1. The molecule has 1 saturated heterocycles. The summed E-state index contributed by atoms with van der Waals surface area (Å²) in [5.41, 5.74) is 5.67. The zero-order chi connectivity index (χ0) is 13.1. The molecule has 1 aromatic rings. The van der Waals surface area contributed by atoms with E-state index in [0.29, 0.717) is 11.4 Å². The van der Waals surface area contributed by atoms with Crippen molar-refractivity contribution in [1.82, 2.24) is 4.90 Å². The second-order valence-corrected chi connectivity index (χ2v) is 5.90. The Kier molecular flexibility index (Phi) is 4.23. The lowest BCUT2D eigenvalue weighted by molar-refractivity contribution is 0.0681. The minimum atomic E-state index is -0.301. The number of rotatable bonds is 2. The third-order valence-electron chi connectivity index (χ3n) is 3.03. The lowest BCUT2D eigenvalue weighted by Gasteiger charge is -2.34. The van der Waals surface area contributed by atoms with E-state index < -0.39 is 0 Å². The molecule has 2 heterocycles. The summed E-state index contributed by atoms with van der Waals surface area (Å²) in [6.07, 6.45) is 2.67. The average molecular weight is 332 g/mol. The zero-order valence-corrected chi connectivity index (χ0v) is 12.1. The Balaban J connectivity index is 2.24. The predicted molar refractivity (Wildman–Crippen MR) is 74.1 cm³/mol. The van der Waals surface area contributed by atoms with Crippen LogP contribution >= 0.6 is 27.3 Å². The molecule has 5 nitrogen and oxygen atoms in total. The largest absolute Gasteiger partial charge is 0.409 e. The second kappa shape index (κ2) is 5.71. The highest BCUT2D eigenvalue weighted by molar-refractivity contribution is 9.10. The minimum absolute atomic E-state index is 0.0619. The number of amides is 1. The standard InChI is InChI=1S/C11H14BrN3O2S/c12-7-4-6-18-9(7)11(16)15-5-2-1-3-8(15)10(13)14-17/h4,6,8,17H,1-3,5H2,(H2,13,14). The molecule has 0 aliphatic carbocycles. The number of carbonyl (C=O) groups is 1. The number of piperidine rings is 1. The van der Waals surface area contributed by atoms with E-state index in [2.05, 4.69) is 21.1 Å². The van der Waals surface area contributed by atoms with Crippen LogP contribution in [0.4, 0.5) is 0 Å². The van der Waals surface area contributed by atoms with Crippen molar-refractivity contribution in [3.05, 3.63) is 20.8 Å². The first kappa shape index (κ1) is 13.4. The molecular formula is C11H14BrN3O2S. The lowest BCUT2D eigenvalue weighted by atomic mass is 10.0. The van der Waals surface area contributed by atoms with Crippen LogP contribution in [0, 0.1) is 0 Å². The molecule has 0 saturated carbocycles. The van der Waals surface area contributed by atoms with Gasteiger partial charge in [0, 0.05) is 11.0 Å². The fourth-order valence-corrected chi connectivity index (χ4v) is 3.62. The molecule has 18 heavy (non-hydrogen) atoms. The van der Waals surface area contributed by atoms with Gasteiger partial charge >= 0.3 is 0 Å². The molecule has 1 atom stereocenters. The second-order valence-electron chi connectivity index (χ2n) is 4.13. The monoisotopic (exact) mass is 331 g/mol. The van der Waals surface area contributed by atoms with E-state index in [-0.39, 0.29) is 17.8 Å². The van der Waals surface area contributed by atoms with Crippen molar-refractivity contribution in [1.29, 1.82) is 0 Å². The summed E-state index contributed by atoms with van der Waals surface area (Å²) in [7, 11) is 0. The molecule has 1 aromatic heterocycles. The number of amidine groups is 1. The van der Waals surface area contributed by atoms with Crippen LogP contribution in [0.1, 0.15) is 28.9 Å². The van der Waals surface area contributed by atoms with Gasteiger partial charge in [-0.15, -0.1) is 11.3 Å². The Morgan fingerprint density at radius 2 is 2.39 bits per heavy atom. The number of nitrogens with zero attached hydrogens (tertiary/aromatic N) is 2. The highest BCUT2D eigenvalue weighted by Gasteiger charge is 2.31. The Morgan fingerprint density at radius 1 is 1.61 bits per heavy atom. The molecule has 98 valence electrons. The minimum Gasteiger partial charge on any atom is -0.409 e. The third kappa shape index (κ3) is 2.51. The topological polar surface area (TPSA) is 78.9 Å². The van der Waals surface area contributed by atoms with Gasteiger partial charge in [0.25, 0.3) is 5.91 Å². The Labute approximate surface area is 117 Å². The summed E-state index contributed by atoms with van der Waals surface area (Å²) in [5, 5.41) is 13.7. The highest BCUT2D eigenvalue weighted by atomic mass is 79.9. The number of hydrogen-bond acceptors (Lipinski definition) is 4. The molecule has 0 radical (unpaired) electrons. The van der Waals surface area contributed by atoms with Crippen molar-refractivity contribution in [2.45, 2.75) is 25.3 Å². The van der Waals surface area contributed by atoms with Crippen molar-refractivity contribution in [3.63, 3.8) is 0 Å². The van der Waals surface area contributed by atoms with Crippen molar-refractivity contribution < 1.29 is 10.0 Å². The maximum absolute atomic E-state index is 12.4. The molecule has 0 bridgehead atoms. The van der Waals surface area contributed by atoms with Crippen LogP contribution in [0.3, 0.4) is 0 Å². The van der Waals surface area contributed by atoms with Crippen molar-refractivity contribution >= 4 is 39.0 Å². The van der Waals surface area contributed by atoms with Gasteiger partial charge in [-0.2, -0.15) is 0 Å². The zero-order valence-electron chi connectivity index (χ0n) is 9.67. The smallest absolute Gasteiger partial charge is 0.265 e. The number of hydrogen-bond donors (Lipinski definition) is 2. The van der Waals surface area contributed by atoms with Gasteiger partial charge in [-0.1, -0.05) is 5.16 Å². The molecule has 7 heteroatoms. The molecule has 0 aromatic carbocycles. The maximum Gasteiger partial charge on any atom is 0.265 e. The van der Waals surface area contributed by atoms with Gasteiger partial charge in [-0.05, 0) is 46.6 Å². The molecule has 1 aliphatic rings. The van der Waals surface area contributed by atoms with Gasteiger partial charge in [0.05, 0.1) is 6.04 Å². The van der Waals surface area contributed by atoms with E-state index in [0.717, 1.165) is 23.7 Å². The number of carbonyl (C=O) groups excluding carboxylic acids is 1. The predicted octanol–water partition coefficient (Wildman–Crippen LogP) is 2.25. The van der Waals surface area contributed by atoms with Gasteiger partial charge in [0.15, 0.2) is 5.84 Å². The third-order valence-corrected chi connectivity index (χ3v) is 4.86. The normalized spacial score (nSPS) is 21.1.